The fourth-order valence-corrected chi connectivity index (χ4v) is 4.60. The first kappa shape index (κ1) is 25.2. The van der Waals surface area contributed by atoms with Gasteiger partial charge in [0.2, 0.25) is 0 Å². The number of amides is 2. The lowest BCUT2D eigenvalue weighted by Crippen LogP contribution is -2.39. The number of piperidine rings is 1. The van der Waals surface area contributed by atoms with E-state index in [1.165, 1.54) is 4.90 Å². The Bertz CT molecular complexity index is 1440. The van der Waals surface area contributed by atoms with Crippen LogP contribution in [0.2, 0.25) is 0 Å². The molecular weight excluding hydrogens is 499 g/mol. The number of anilines is 1. The topological polar surface area (TPSA) is 109 Å². The van der Waals surface area contributed by atoms with Crippen LogP contribution in [0, 0.1) is 6.92 Å². The average molecular weight is 524 g/mol. The minimum Gasteiger partial charge on any atom is -0.337 e. The summed E-state index contributed by atoms with van der Waals surface area (Å²) in [5, 5.41) is 15.8. The van der Waals surface area contributed by atoms with Gasteiger partial charge in [-0.1, -0.05) is 30.3 Å². The Labute approximate surface area is 215 Å². The molecule has 2 N–H and O–H groups in total. The SMILES string of the molecule is Cc1cc(C(=O)Nc2ccc(C3CCN(C(=O)c4n[nH]nc4C(F)(F)F)CC3)cc2)n(-c2ccccc2)n1. The van der Waals surface area contributed by atoms with E-state index in [0.717, 1.165) is 16.9 Å². The molecule has 9 nitrogen and oxygen atoms in total. The molecule has 196 valence electrons. The van der Waals surface area contributed by atoms with Crippen molar-refractivity contribution < 1.29 is 22.8 Å². The Morgan fingerprint density at radius 1 is 1.00 bits per heavy atom. The summed E-state index contributed by atoms with van der Waals surface area (Å²) in [6.07, 6.45) is -3.58. The summed E-state index contributed by atoms with van der Waals surface area (Å²) in [6, 6.07) is 18.6. The zero-order chi connectivity index (χ0) is 26.9. The summed E-state index contributed by atoms with van der Waals surface area (Å²) >= 11 is 0. The van der Waals surface area contributed by atoms with Crippen LogP contribution in [0.1, 0.15) is 56.7 Å². The molecule has 38 heavy (non-hydrogen) atoms. The van der Waals surface area contributed by atoms with E-state index in [0.29, 0.717) is 37.3 Å². The lowest BCUT2D eigenvalue weighted by molar-refractivity contribution is -0.141. The number of likely N-dealkylation sites (tertiary alicyclic amines) is 1. The highest BCUT2D eigenvalue weighted by molar-refractivity contribution is 6.03. The second kappa shape index (κ2) is 10.1. The van der Waals surface area contributed by atoms with Crippen LogP contribution in [0.3, 0.4) is 0 Å². The number of carbonyl (C=O) groups is 2. The Balaban J connectivity index is 1.21. The van der Waals surface area contributed by atoms with Crippen LogP contribution in [-0.2, 0) is 6.18 Å². The number of alkyl halides is 3. The number of hydrogen-bond acceptors (Lipinski definition) is 5. The van der Waals surface area contributed by atoms with Gasteiger partial charge in [-0.25, -0.2) is 4.68 Å². The van der Waals surface area contributed by atoms with E-state index in [2.05, 4.69) is 20.6 Å². The van der Waals surface area contributed by atoms with Crippen molar-refractivity contribution >= 4 is 17.5 Å². The number of hydrogen-bond donors (Lipinski definition) is 2. The molecule has 3 heterocycles. The molecule has 2 aromatic carbocycles. The first-order chi connectivity index (χ1) is 18.2. The maximum absolute atomic E-state index is 13.1. The molecule has 1 aliphatic rings. The van der Waals surface area contributed by atoms with Crippen LogP contribution in [-0.4, -0.2) is 55.0 Å². The van der Waals surface area contributed by atoms with Gasteiger partial charge in [0.1, 0.15) is 5.69 Å². The first-order valence-corrected chi connectivity index (χ1v) is 12.0. The average Bonchev–Trinajstić information content (AvgIpc) is 3.57. The van der Waals surface area contributed by atoms with E-state index >= 15 is 0 Å². The van der Waals surface area contributed by atoms with Gasteiger partial charge in [-0.2, -0.15) is 33.7 Å². The van der Waals surface area contributed by atoms with Crippen molar-refractivity contribution in [3.05, 3.63) is 89.0 Å². The lowest BCUT2D eigenvalue weighted by atomic mass is 9.89. The van der Waals surface area contributed by atoms with E-state index in [-0.39, 0.29) is 11.8 Å². The van der Waals surface area contributed by atoms with Gasteiger partial charge >= 0.3 is 6.18 Å². The fourth-order valence-electron chi connectivity index (χ4n) is 4.60. The van der Waals surface area contributed by atoms with Crippen molar-refractivity contribution in [2.75, 3.05) is 18.4 Å². The molecule has 1 saturated heterocycles. The number of nitrogens with zero attached hydrogens (tertiary/aromatic N) is 5. The van der Waals surface area contributed by atoms with Crippen molar-refractivity contribution in [2.45, 2.75) is 31.9 Å². The molecule has 1 aliphatic heterocycles. The number of carbonyl (C=O) groups excluding carboxylic acids is 2. The van der Waals surface area contributed by atoms with Gasteiger partial charge < -0.3 is 10.2 Å². The Hall–Kier alpha value is -4.48. The second-order valence-electron chi connectivity index (χ2n) is 9.08. The highest BCUT2D eigenvalue weighted by Gasteiger charge is 2.41. The number of halogens is 3. The minimum atomic E-state index is -4.76. The Morgan fingerprint density at radius 2 is 1.68 bits per heavy atom. The van der Waals surface area contributed by atoms with Gasteiger partial charge in [-0.05, 0) is 61.6 Å². The van der Waals surface area contributed by atoms with E-state index in [1.807, 2.05) is 66.7 Å². The quantitative estimate of drug-likeness (QED) is 0.398. The van der Waals surface area contributed by atoms with Gasteiger partial charge in [0.25, 0.3) is 11.8 Å². The maximum Gasteiger partial charge on any atom is 0.437 e. The molecule has 0 spiro atoms. The molecule has 2 amide bonds. The fraction of sp³-hybridized carbons (Fsp3) is 0.269. The van der Waals surface area contributed by atoms with Crippen LogP contribution in [0.5, 0.6) is 0 Å². The summed E-state index contributed by atoms with van der Waals surface area (Å²) in [5.41, 5.74) is 1.55. The second-order valence-corrected chi connectivity index (χ2v) is 9.08. The van der Waals surface area contributed by atoms with E-state index in [9.17, 15) is 22.8 Å². The van der Waals surface area contributed by atoms with Crippen LogP contribution in [0.4, 0.5) is 18.9 Å². The molecule has 12 heteroatoms. The van der Waals surface area contributed by atoms with E-state index < -0.39 is 23.5 Å². The number of aromatic amines is 1. The summed E-state index contributed by atoms with van der Waals surface area (Å²) in [6.45, 7) is 2.43. The smallest absolute Gasteiger partial charge is 0.337 e. The number of aromatic nitrogens is 5. The summed E-state index contributed by atoms with van der Waals surface area (Å²) in [4.78, 5) is 27.0. The Morgan fingerprint density at radius 3 is 2.34 bits per heavy atom. The lowest BCUT2D eigenvalue weighted by Gasteiger charge is -2.32. The zero-order valence-corrected chi connectivity index (χ0v) is 20.4. The molecule has 0 bridgehead atoms. The molecular formula is C26H24F3N7O2. The summed E-state index contributed by atoms with van der Waals surface area (Å²) in [5.74, 6) is -0.946. The van der Waals surface area contributed by atoms with Gasteiger partial charge in [0, 0.05) is 18.8 Å². The number of aryl methyl sites for hydroxylation is 1. The van der Waals surface area contributed by atoms with Gasteiger partial charge in [-0.3, -0.25) is 9.59 Å². The standard InChI is InChI=1S/C26H24F3N7O2/c1-16-15-21(36(33-16)20-5-3-2-4-6-20)24(37)30-19-9-7-17(8-10-19)18-11-13-35(14-12-18)25(38)22-23(26(27,28)29)32-34-31-22/h2-10,15,18H,11-14H2,1H3,(H,30,37)(H,31,32,34). The molecule has 0 atom stereocenters. The predicted molar refractivity (Wildman–Crippen MR) is 132 cm³/mol. The summed E-state index contributed by atoms with van der Waals surface area (Å²) < 4.78 is 40.8. The number of benzene rings is 2. The molecule has 5 rings (SSSR count). The number of nitrogens with one attached hydrogen (secondary N) is 2. The summed E-state index contributed by atoms with van der Waals surface area (Å²) in [7, 11) is 0. The van der Waals surface area contributed by atoms with Crippen LogP contribution >= 0.6 is 0 Å². The largest absolute Gasteiger partial charge is 0.437 e. The molecule has 0 aliphatic carbocycles. The monoisotopic (exact) mass is 523 g/mol. The minimum absolute atomic E-state index is 0.130. The number of para-hydroxylation sites is 1. The molecule has 0 saturated carbocycles. The van der Waals surface area contributed by atoms with Gasteiger partial charge in [0.15, 0.2) is 11.4 Å². The van der Waals surface area contributed by atoms with E-state index in [4.69, 9.17) is 0 Å². The third kappa shape index (κ3) is 5.15. The molecule has 2 aromatic heterocycles. The maximum atomic E-state index is 13.1. The molecule has 1 fully saturated rings. The van der Waals surface area contributed by atoms with Crippen LogP contribution < -0.4 is 5.32 Å². The third-order valence-electron chi connectivity index (χ3n) is 6.51. The van der Waals surface area contributed by atoms with E-state index in [1.54, 1.807) is 10.7 Å². The van der Waals surface area contributed by atoms with Gasteiger partial charge in [-0.15, -0.1) is 0 Å². The van der Waals surface area contributed by atoms with Crippen molar-refractivity contribution in [1.29, 1.82) is 0 Å². The molecule has 0 unspecified atom stereocenters. The molecule has 0 radical (unpaired) electrons. The van der Waals surface area contributed by atoms with Crippen molar-refractivity contribution in [2.24, 2.45) is 0 Å². The number of rotatable bonds is 5. The van der Waals surface area contributed by atoms with Crippen molar-refractivity contribution in [3.63, 3.8) is 0 Å². The highest BCUT2D eigenvalue weighted by atomic mass is 19.4. The van der Waals surface area contributed by atoms with Crippen molar-refractivity contribution in [1.82, 2.24) is 30.1 Å². The van der Waals surface area contributed by atoms with Gasteiger partial charge in [0.05, 0.1) is 11.4 Å². The number of H-pyrrole nitrogens is 1. The Kier molecular flexibility index (Phi) is 6.70. The first-order valence-electron chi connectivity index (χ1n) is 12.0. The predicted octanol–water partition coefficient (Wildman–Crippen LogP) is 4.59. The van der Waals surface area contributed by atoms with Crippen LogP contribution in [0.25, 0.3) is 5.69 Å². The normalized spacial score (nSPS) is 14.5. The molecule has 4 aromatic rings. The van der Waals surface area contributed by atoms with Crippen molar-refractivity contribution in [3.8, 4) is 5.69 Å². The third-order valence-corrected chi connectivity index (χ3v) is 6.51. The highest BCUT2D eigenvalue weighted by Crippen LogP contribution is 2.32. The van der Waals surface area contributed by atoms with Crippen LogP contribution in [0.15, 0.2) is 60.7 Å². The zero-order valence-electron chi connectivity index (χ0n) is 20.4.